The second-order valence-corrected chi connectivity index (χ2v) is 13.1. The molecule has 234 valence electrons. The molecule has 0 heteroatoms. The molecule has 0 aliphatic rings. The molecule has 0 N–H and O–H groups in total. The molecule has 0 saturated heterocycles. The Morgan fingerprint density at radius 3 is 0.564 bits per heavy atom. The highest BCUT2D eigenvalue weighted by Gasteiger charge is 1.97. The van der Waals surface area contributed by atoms with Crippen molar-refractivity contribution < 1.29 is 0 Å². The van der Waals surface area contributed by atoms with Gasteiger partial charge in [-0.25, -0.2) is 0 Å². The van der Waals surface area contributed by atoms with Crippen molar-refractivity contribution in [2.45, 2.75) is 238 Å². The van der Waals surface area contributed by atoms with Crippen LogP contribution in [0.4, 0.5) is 0 Å². The molecule has 0 aromatic rings. The molecule has 0 amide bonds. The monoisotopic (exact) mass is 547 g/mol. The summed E-state index contributed by atoms with van der Waals surface area (Å²) in [6, 6.07) is 0. The van der Waals surface area contributed by atoms with E-state index >= 15 is 0 Å². The summed E-state index contributed by atoms with van der Waals surface area (Å²) in [5.41, 5.74) is 0. The summed E-state index contributed by atoms with van der Waals surface area (Å²) < 4.78 is 0. The minimum Gasteiger partial charge on any atom is -0.103 e. The predicted octanol–water partition coefficient (Wildman–Crippen LogP) is 15.2. The Hall–Kier alpha value is -0.260. The number of rotatable bonds is 36. The average Bonchev–Trinajstić information content (AvgIpc) is 2.95. The second kappa shape index (κ2) is 37.7. The van der Waals surface area contributed by atoms with E-state index in [2.05, 4.69) is 19.6 Å². The van der Waals surface area contributed by atoms with Crippen molar-refractivity contribution in [3.8, 4) is 0 Å². The first-order valence-corrected chi connectivity index (χ1v) is 19.0. The van der Waals surface area contributed by atoms with Crippen LogP contribution in [0.3, 0.4) is 0 Å². The normalized spacial score (nSPS) is 11.4. The van der Waals surface area contributed by atoms with E-state index in [0.29, 0.717) is 0 Å². The molecule has 0 aromatic carbocycles. The van der Waals surface area contributed by atoms with Crippen molar-refractivity contribution >= 4 is 0 Å². The van der Waals surface area contributed by atoms with Crippen molar-refractivity contribution in [1.29, 1.82) is 0 Å². The molecule has 0 saturated carbocycles. The van der Waals surface area contributed by atoms with E-state index in [1.165, 1.54) is 231 Å². The Kier molecular flexibility index (Phi) is 37.5. The third-order valence-corrected chi connectivity index (χ3v) is 9.01. The lowest BCUT2D eigenvalue weighted by molar-refractivity contribution is 0.511. The summed E-state index contributed by atoms with van der Waals surface area (Å²) in [7, 11) is 0. The summed E-state index contributed by atoms with van der Waals surface area (Å²) in [5.74, 6) is 0. The minimum absolute atomic E-state index is 1.21. The minimum atomic E-state index is 1.21. The predicted molar refractivity (Wildman–Crippen MR) is 182 cm³/mol. The van der Waals surface area contributed by atoms with Gasteiger partial charge in [0.1, 0.15) is 0 Å². The van der Waals surface area contributed by atoms with Crippen molar-refractivity contribution in [1.82, 2.24) is 0 Å². The lowest BCUT2D eigenvalue weighted by Crippen LogP contribution is -1.85. The Morgan fingerprint density at radius 1 is 0.256 bits per heavy atom. The fraction of sp³-hybridized carbons (Fsp3) is 0.949. The van der Waals surface area contributed by atoms with Gasteiger partial charge >= 0.3 is 0 Å². The van der Waals surface area contributed by atoms with Gasteiger partial charge in [0.15, 0.2) is 0 Å². The van der Waals surface area contributed by atoms with E-state index in [0.717, 1.165) is 0 Å². The number of hydrogen-bond donors (Lipinski definition) is 0. The first-order chi connectivity index (χ1) is 19.4. The van der Waals surface area contributed by atoms with Gasteiger partial charge in [0.2, 0.25) is 0 Å². The van der Waals surface area contributed by atoms with Gasteiger partial charge < -0.3 is 0 Å². The van der Waals surface area contributed by atoms with Gasteiger partial charge in [0, 0.05) is 0 Å². The summed E-state index contributed by atoms with van der Waals surface area (Å²) >= 11 is 0. The fourth-order valence-electron chi connectivity index (χ4n) is 6.20. The van der Waals surface area contributed by atoms with Gasteiger partial charge in [0.25, 0.3) is 0 Å². The fourth-order valence-corrected chi connectivity index (χ4v) is 6.20. The molecule has 0 aliphatic carbocycles. The number of allylic oxidation sites excluding steroid dienone is 1. The van der Waals surface area contributed by atoms with Crippen LogP contribution in [0, 0.1) is 0 Å². The van der Waals surface area contributed by atoms with Gasteiger partial charge in [-0.15, -0.1) is 6.58 Å². The molecule has 0 unspecified atom stereocenters. The maximum atomic E-state index is 3.80. The standard InChI is InChI=1S/C39H78/c1-3-5-7-9-11-13-15-17-19-21-23-25-27-29-31-33-35-37-39-38-36-34-32-30-28-26-24-22-20-18-16-14-12-10-8-6-4-2/h3H,1,4-39H2,2H3. The molecule has 0 radical (unpaired) electrons. The van der Waals surface area contributed by atoms with Gasteiger partial charge in [-0.1, -0.05) is 231 Å². The second-order valence-electron chi connectivity index (χ2n) is 13.1. The van der Waals surface area contributed by atoms with Gasteiger partial charge in [0.05, 0.1) is 0 Å². The quantitative estimate of drug-likeness (QED) is 0.0541. The molecule has 0 nitrogen and oxygen atoms in total. The number of hydrogen-bond acceptors (Lipinski definition) is 0. The maximum Gasteiger partial charge on any atom is -0.0353 e. The smallest absolute Gasteiger partial charge is 0.0353 e. The summed E-state index contributed by atoms with van der Waals surface area (Å²) in [4.78, 5) is 0. The van der Waals surface area contributed by atoms with E-state index in [1.807, 2.05) is 0 Å². The van der Waals surface area contributed by atoms with E-state index in [9.17, 15) is 0 Å². The van der Waals surface area contributed by atoms with E-state index in [-0.39, 0.29) is 0 Å². The largest absolute Gasteiger partial charge is 0.103 e. The zero-order chi connectivity index (χ0) is 28.2. The van der Waals surface area contributed by atoms with Crippen LogP contribution < -0.4 is 0 Å². The highest BCUT2D eigenvalue weighted by Crippen LogP contribution is 2.17. The maximum absolute atomic E-state index is 3.80. The van der Waals surface area contributed by atoms with Crippen LogP contribution >= 0.6 is 0 Å². The van der Waals surface area contributed by atoms with Crippen LogP contribution in [0.1, 0.15) is 238 Å². The van der Waals surface area contributed by atoms with Crippen molar-refractivity contribution in [2.75, 3.05) is 0 Å². The Labute approximate surface area is 250 Å². The molecule has 0 atom stereocenters. The number of unbranched alkanes of at least 4 members (excludes halogenated alkanes) is 35. The highest BCUT2D eigenvalue weighted by atomic mass is 14.0. The van der Waals surface area contributed by atoms with E-state index < -0.39 is 0 Å². The lowest BCUT2D eigenvalue weighted by Gasteiger charge is -2.05. The highest BCUT2D eigenvalue weighted by molar-refractivity contribution is 4.65. The van der Waals surface area contributed by atoms with Crippen LogP contribution in [0.5, 0.6) is 0 Å². The molecule has 0 heterocycles. The Morgan fingerprint density at radius 2 is 0.410 bits per heavy atom. The molecular formula is C39H78. The van der Waals surface area contributed by atoms with Crippen molar-refractivity contribution in [3.05, 3.63) is 12.7 Å². The van der Waals surface area contributed by atoms with Gasteiger partial charge in [-0.3, -0.25) is 0 Å². The van der Waals surface area contributed by atoms with Crippen LogP contribution in [0.25, 0.3) is 0 Å². The molecule has 0 spiro atoms. The molecular weight excluding hydrogens is 468 g/mol. The summed E-state index contributed by atoms with van der Waals surface area (Å²) in [6.45, 7) is 6.11. The average molecular weight is 547 g/mol. The van der Waals surface area contributed by atoms with Gasteiger partial charge in [-0.05, 0) is 12.8 Å². The first-order valence-electron chi connectivity index (χ1n) is 19.0. The van der Waals surface area contributed by atoms with Crippen LogP contribution in [-0.4, -0.2) is 0 Å². The Balaban J connectivity index is 3.02. The van der Waals surface area contributed by atoms with E-state index in [4.69, 9.17) is 0 Å². The van der Waals surface area contributed by atoms with E-state index in [1.54, 1.807) is 0 Å². The van der Waals surface area contributed by atoms with Crippen LogP contribution in [-0.2, 0) is 0 Å². The summed E-state index contributed by atoms with van der Waals surface area (Å²) in [5, 5.41) is 0. The molecule has 39 heavy (non-hydrogen) atoms. The zero-order valence-corrected chi connectivity index (χ0v) is 27.7. The molecule has 0 aromatic heterocycles. The zero-order valence-electron chi connectivity index (χ0n) is 27.7. The third kappa shape index (κ3) is 37.7. The SMILES string of the molecule is C=CCCCCCCCCCCCCCCCCCCCCCCCCCCCCCCCCCCCCC. The Bertz CT molecular complexity index is 410. The molecule has 0 bridgehead atoms. The topological polar surface area (TPSA) is 0 Å². The molecule has 0 fully saturated rings. The van der Waals surface area contributed by atoms with Gasteiger partial charge in [-0.2, -0.15) is 0 Å². The molecule has 0 rings (SSSR count). The van der Waals surface area contributed by atoms with Crippen molar-refractivity contribution in [2.24, 2.45) is 0 Å². The third-order valence-electron chi connectivity index (χ3n) is 9.01. The molecule has 0 aliphatic heterocycles. The van der Waals surface area contributed by atoms with Crippen LogP contribution in [0.15, 0.2) is 12.7 Å². The lowest BCUT2D eigenvalue weighted by atomic mass is 10.0. The van der Waals surface area contributed by atoms with Crippen LogP contribution in [0.2, 0.25) is 0 Å². The summed E-state index contributed by atoms with van der Waals surface area (Å²) in [6.07, 6.45) is 54.9. The van der Waals surface area contributed by atoms with Crippen molar-refractivity contribution in [3.63, 3.8) is 0 Å². The first kappa shape index (κ1) is 38.7.